The van der Waals surface area contributed by atoms with Crippen LogP contribution in [0.5, 0.6) is 5.75 Å². The first-order valence-electron chi connectivity index (χ1n) is 7.37. The van der Waals surface area contributed by atoms with Gasteiger partial charge in [-0.05, 0) is 48.7 Å². The second kappa shape index (κ2) is 7.79. The molecule has 0 heterocycles. The van der Waals surface area contributed by atoms with Crippen molar-refractivity contribution in [1.29, 1.82) is 0 Å². The highest BCUT2D eigenvalue weighted by atomic mass is 19.1. The third kappa shape index (κ3) is 4.87. The zero-order chi connectivity index (χ0) is 15.1. The highest BCUT2D eigenvalue weighted by Gasteiger charge is 2.08. The quantitative estimate of drug-likeness (QED) is 0.769. The van der Waals surface area contributed by atoms with E-state index >= 15 is 0 Å². The average molecular weight is 287 g/mol. The van der Waals surface area contributed by atoms with Crippen molar-refractivity contribution < 1.29 is 9.13 Å². The molecule has 1 atom stereocenters. The second-order valence-electron chi connectivity index (χ2n) is 5.13. The second-order valence-corrected chi connectivity index (χ2v) is 5.13. The molecular weight excluding hydrogens is 265 g/mol. The summed E-state index contributed by atoms with van der Waals surface area (Å²) in [6, 6.07) is 14.9. The van der Waals surface area contributed by atoms with Gasteiger partial charge in [-0.3, -0.25) is 0 Å². The standard InChI is InChI=1S/C18H22FNO/c1-3-18(15-7-9-16(19)10-8-15)20-11-12-21-17-6-4-5-14(2)13-17/h4-10,13,18,20H,3,11-12H2,1-2H3. The summed E-state index contributed by atoms with van der Waals surface area (Å²) >= 11 is 0. The molecule has 0 saturated heterocycles. The number of benzene rings is 2. The van der Waals surface area contributed by atoms with Crippen LogP contribution in [-0.4, -0.2) is 13.2 Å². The van der Waals surface area contributed by atoms with E-state index in [0.29, 0.717) is 6.61 Å². The highest BCUT2D eigenvalue weighted by Crippen LogP contribution is 2.17. The van der Waals surface area contributed by atoms with Crippen LogP contribution in [0.25, 0.3) is 0 Å². The molecule has 0 aromatic heterocycles. The maximum atomic E-state index is 12.9. The lowest BCUT2D eigenvalue weighted by Crippen LogP contribution is -2.25. The molecule has 2 aromatic rings. The first-order chi connectivity index (χ1) is 10.2. The van der Waals surface area contributed by atoms with Gasteiger partial charge in [0.2, 0.25) is 0 Å². The van der Waals surface area contributed by atoms with Gasteiger partial charge in [0, 0.05) is 12.6 Å². The Balaban J connectivity index is 1.79. The van der Waals surface area contributed by atoms with Gasteiger partial charge >= 0.3 is 0 Å². The zero-order valence-corrected chi connectivity index (χ0v) is 12.6. The lowest BCUT2D eigenvalue weighted by molar-refractivity contribution is 0.304. The van der Waals surface area contributed by atoms with Gasteiger partial charge in [0.1, 0.15) is 18.2 Å². The zero-order valence-electron chi connectivity index (χ0n) is 12.6. The van der Waals surface area contributed by atoms with Gasteiger partial charge in [-0.25, -0.2) is 4.39 Å². The van der Waals surface area contributed by atoms with Crippen molar-refractivity contribution >= 4 is 0 Å². The molecule has 0 saturated carbocycles. The lowest BCUT2D eigenvalue weighted by atomic mass is 10.0. The maximum absolute atomic E-state index is 12.9. The minimum Gasteiger partial charge on any atom is -0.492 e. The summed E-state index contributed by atoms with van der Waals surface area (Å²) in [5.41, 5.74) is 2.30. The van der Waals surface area contributed by atoms with Crippen molar-refractivity contribution in [2.75, 3.05) is 13.2 Å². The van der Waals surface area contributed by atoms with Gasteiger partial charge < -0.3 is 10.1 Å². The van der Waals surface area contributed by atoms with Crippen LogP contribution in [0.4, 0.5) is 4.39 Å². The fourth-order valence-corrected chi connectivity index (χ4v) is 2.30. The van der Waals surface area contributed by atoms with E-state index in [-0.39, 0.29) is 11.9 Å². The molecule has 1 unspecified atom stereocenters. The lowest BCUT2D eigenvalue weighted by Gasteiger charge is -2.17. The molecule has 0 aliphatic heterocycles. The Bertz CT molecular complexity index is 553. The fraction of sp³-hybridized carbons (Fsp3) is 0.333. The molecule has 2 rings (SSSR count). The number of hydrogen-bond acceptors (Lipinski definition) is 2. The predicted octanol–water partition coefficient (Wildman–Crippen LogP) is 4.25. The van der Waals surface area contributed by atoms with Crippen LogP contribution >= 0.6 is 0 Å². The maximum Gasteiger partial charge on any atom is 0.123 e. The summed E-state index contributed by atoms with van der Waals surface area (Å²) in [6.07, 6.45) is 0.954. The Morgan fingerprint density at radius 1 is 1.14 bits per heavy atom. The van der Waals surface area contributed by atoms with Crippen LogP contribution in [-0.2, 0) is 0 Å². The molecule has 0 spiro atoms. The van der Waals surface area contributed by atoms with Crippen LogP contribution in [0.3, 0.4) is 0 Å². The van der Waals surface area contributed by atoms with E-state index in [2.05, 4.69) is 12.2 Å². The highest BCUT2D eigenvalue weighted by molar-refractivity contribution is 5.27. The SMILES string of the molecule is CCC(NCCOc1cccc(C)c1)c1ccc(F)cc1. The van der Waals surface area contributed by atoms with Crippen molar-refractivity contribution in [2.45, 2.75) is 26.3 Å². The van der Waals surface area contributed by atoms with Gasteiger partial charge in [-0.2, -0.15) is 0 Å². The van der Waals surface area contributed by atoms with E-state index in [1.165, 1.54) is 17.7 Å². The van der Waals surface area contributed by atoms with E-state index in [1.54, 1.807) is 0 Å². The molecule has 0 aliphatic carbocycles. The summed E-state index contributed by atoms with van der Waals surface area (Å²) in [5.74, 6) is 0.697. The third-order valence-corrected chi connectivity index (χ3v) is 3.43. The first-order valence-corrected chi connectivity index (χ1v) is 7.37. The normalized spacial score (nSPS) is 12.1. The molecule has 2 nitrogen and oxygen atoms in total. The summed E-state index contributed by atoms with van der Waals surface area (Å²) in [7, 11) is 0. The van der Waals surface area contributed by atoms with E-state index in [9.17, 15) is 4.39 Å². The Hall–Kier alpha value is -1.87. The van der Waals surface area contributed by atoms with Crippen LogP contribution in [0.15, 0.2) is 48.5 Å². The van der Waals surface area contributed by atoms with Crippen molar-refractivity contribution in [1.82, 2.24) is 5.32 Å². The molecule has 3 heteroatoms. The minimum atomic E-state index is -0.198. The smallest absolute Gasteiger partial charge is 0.123 e. The number of nitrogens with one attached hydrogen (secondary N) is 1. The molecule has 0 amide bonds. The number of ether oxygens (including phenoxy) is 1. The fourth-order valence-electron chi connectivity index (χ4n) is 2.30. The number of rotatable bonds is 7. The van der Waals surface area contributed by atoms with Gasteiger partial charge in [0.25, 0.3) is 0 Å². The summed E-state index contributed by atoms with van der Waals surface area (Å²) in [6.45, 7) is 5.53. The van der Waals surface area contributed by atoms with Gasteiger partial charge in [-0.1, -0.05) is 31.2 Å². The van der Waals surface area contributed by atoms with Gasteiger partial charge in [0.15, 0.2) is 0 Å². The van der Waals surface area contributed by atoms with Crippen molar-refractivity contribution in [3.63, 3.8) is 0 Å². The summed E-state index contributed by atoms with van der Waals surface area (Å²) < 4.78 is 18.7. The van der Waals surface area contributed by atoms with Crippen LogP contribution in [0.1, 0.15) is 30.5 Å². The Kier molecular flexibility index (Phi) is 5.76. The average Bonchev–Trinajstić information content (AvgIpc) is 2.49. The van der Waals surface area contributed by atoms with Gasteiger partial charge in [-0.15, -0.1) is 0 Å². The van der Waals surface area contributed by atoms with Crippen LogP contribution in [0, 0.1) is 12.7 Å². The molecule has 0 aliphatic rings. The van der Waals surface area contributed by atoms with Crippen LogP contribution in [0.2, 0.25) is 0 Å². The molecule has 1 N–H and O–H groups in total. The molecular formula is C18H22FNO. The van der Waals surface area contributed by atoms with Crippen molar-refractivity contribution in [3.05, 3.63) is 65.5 Å². The number of hydrogen-bond donors (Lipinski definition) is 1. The van der Waals surface area contributed by atoms with E-state index in [0.717, 1.165) is 24.3 Å². The molecule has 2 aromatic carbocycles. The minimum absolute atomic E-state index is 0.198. The van der Waals surface area contributed by atoms with Crippen molar-refractivity contribution in [2.24, 2.45) is 0 Å². The van der Waals surface area contributed by atoms with Crippen molar-refractivity contribution in [3.8, 4) is 5.75 Å². The summed E-state index contributed by atoms with van der Waals surface area (Å²) in [5, 5.41) is 3.44. The molecule has 21 heavy (non-hydrogen) atoms. The molecule has 0 fully saturated rings. The Morgan fingerprint density at radius 2 is 1.90 bits per heavy atom. The van der Waals surface area contributed by atoms with Crippen LogP contribution < -0.4 is 10.1 Å². The van der Waals surface area contributed by atoms with Gasteiger partial charge in [0.05, 0.1) is 0 Å². The Labute approximate surface area is 126 Å². The predicted molar refractivity (Wildman–Crippen MR) is 84.1 cm³/mol. The molecule has 112 valence electrons. The number of aryl methyl sites for hydroxylation is 1. The summed E-state index contributed by atoms with van der Waals surface area (Å²) in [4.78, 5) is 0. The number of halogens is 1. The third-order valence-electron chi connectivity index (χ3n) is 3.43. The molecule has 0 radical (unpaired) electrons. The monoisotopic (exact) mass is 287 g/mol. The van der Waals surface area contributed by atoms with E-state index in [1.807, 2.05) is 43.3 Å². The first kappa shape index (κ1) is 15.5. The molecule has 0 bridgehead atoms. The topological polar surface area (TPSA) is 21.3 Å². The largest absolute Gasteiger partial charge is 0.492 e. The van der Waals surface area contributed by atoms with E-state index < -0.39 is 0 Å². The Morgan fingerprint density at radius 3 is 2.57 bits per heavy atom. The van der Waals surface area contributed by atoms with E-state index in [4.69, 9.17) is 4.74 Å².